The number of ether oxygens (including phenoxy) is 1. The van der Waals surface area contributed by atoms with Crippen molar-refractivity contribution in [2.24, 2.45) is 4.99 Å². The number of aliphatic imine (C=N–C) groups is 1. The highest BCUT2D eigenvalue weighted by Gasteiger charge is 2.26. The van der Waals surface area contributed by atoms with E-state index in [1.165, 1.54) is 18.4 Å². The highest BCUT2D eigenvalue weighted by atomic mass is 35.5. The molecular weight excluding hydrogens is 260 g/mol. The maximum Gasteiger partial charge on any atom is 0.201 e. The molecule has 0 amide bonds. The normalized spacial score (nSPS) is 26.9. The van der Waals surface area contributed by atoms with Crippen LogP contribution in [-0.2, 0) is 11.2 Å². The molecule has 102 valence electrons. The standard InChI is InChI=1S/C15H19ClN2O/c16-12-6-4-11(5-7-12)9-13-10-19-15(18-13)14-3-1-2-8-17-14/h4-7,13-14,17H,1-3,8-10H2. The Hall–Kier alpha value is -1.06. The zero-order valence-electron chi connectivity index (χ0n) is 10.9. The summed E-state index contributed by atoms with van der Waals surface area (Å²) in [6, 6.07) is 8.58. The smallest absolute Gasteiger partial charge is 0.201 e. The van der Waals surface area contributed by atoms with Crippen LogP contribution in [0.1, 0.15) is 24.8 Å². The second-order valence-electron chi connectivity index (χ2n) is 5.27. The zero-order valence-corrected chi connectivity index (χ0v) is 11.7. The summed E-state index contributed by atoms with van der Waals surface area (Å²) in [4.78, 5) is 4.73. The van der Waals surface area contributed by atoms with E-state index in [2.05, 4.69) is 17.4 Å². The minimum Gasteiger partial charge on any atom is -0.478 e. The molecule has 0 saturated carbocycles. The van der Waals surface area contributed by atoms with Gasteiger partial charge < -0.3 is 10.1 Å². The van der Waals surface area contributed by atoms with E-state index in [0.717, 1.165) is 30.3 Å². The van der Waals surface area contributed by atoms with E-state index in [0.29, 0.717) is 12.6 Å². The minimum absolute atomic E-state index is 0.250. The van der Waals surface area contributed by atoms with E-state index in [1.807, 2.05) is 12.1 Å². The predicted octanol–water partition coefficient (Wildman–Crippen LogP) is 2.82. The van der Waals surface area contributed by atoms with Crippen molar-refractivity contribution in [3.63, 3.8) is 0 Å². The number of nitrogens with one attached hydrogen (secondary N) is 1. The molecule has 1 fully saturated rings. The summed E-state index contributed by atoms with van der Waals surface area (Å²) >= 11 is 5.89. The van der Waals surface area contributed by atoms with Crippen molar-refractivity contribution < 1.29 is 4.74 Å². The number of halogens is 1. The third-order valence-corrected chi connectivity index (χ3v) is 3.98. The summed E-state index contributed by atoms with van der Waals surface area (Å²) in [6.45, 7) is 1.78. The molecule has 0 aromatic heterocycles. The van der Waals surface area contributed by atoms with Gasteiger partial charge in [-0.2, -0.15) is 0 Å². The molecule has 2 aliphatic heterocycles. The van der Waals surface area contributed by atoms with Crippen LogP contribution >= 0.6 is 11.6 Å². The monoisotopic (exact) mass is 278 g/mol. The Bertz CT molecular complexity index is 452. The van der Waals surface area contributed by atoms with Gasteiger partial charge >= 0.3 is 0 Å². The molecule has 1 N–H and O–H groups in total. The predicted molar refractivity (Wildman–Crippen MR) is 78.0 cm³/mol. The van der Waals surface area contributed by atoms with Crippen LogP contribution in [0.3, 0.4) is 0 Å². The van der Waals surface area contributed by atoms with E-state index < -0.39 is 0 Å². The quantitative estimate of drug-likeness (QED) is 0.922. The molecule has 0 spiro atoms. The second kappa shape index (κ2) is 5.93. The van der Waals surface area contributed by atoms with Gasteiger partial charge in [-0.15, -0.1) is 0 Å². The number of hydrogen-bond donors (Lipinski definition) is 1. The fourth-order valence-electron chi connectivity index (χ4n) is 2.69. The van der Waals surface area contributed by atoms with Gasteiger partial charge in [0.2, 0.25) is 5.90 Å². The number of hydrogen-bond acceptors (Lipinski definition) is 3. The summed E-state index contributed by atoms with van der Waals surface area (Å²) in [5, 5.41) is 4.26. The molecule has 4 heteroatoms. The Morgan fingerprint density at radius 2 is 2.11 bits per heavy atom. The molecule has 1 aromatic carbocycles. The van der Waals surface area contributed by atoms with Gasteiger partial charge in [-0.1, -0.05) is 30.2 Å². The minimum atomic E-state index is 0.250. The van der Waals surface area contributed by atoms with Crippen molar-refractivity contribution in [2.75, 3.05) is 13.2 Å². The molecule has 1 aromatic rings. The first-order valence-corrected chi connectivity index (χ1v) is 7.37. The van der Waals surface area contributed by atoms with Crippen LogP contribution in [0.5, 0.6) is 0 Å². The van der Waals surface area contributed by atoms with Crippen LogP contribution in [0, 0.1) is 0 Å². The Balaban J connectivity index is 1.60. The molecule has 1 saturated heterocycles. The average Bonchev–Trinajstić information content (AvgIpc) is 2.91. The van der Waals surface area contributed by atoms with Crippen LogP contribution in [0.2, 0.25) is 5.02 Å². The molecule has 19 heavy (non-hydrogen) atoms. The van der Waals surface area contributed by atoms with Gasteiger partial charge in [0.25, 0.3) is 0 Å². The van der Waals surface area contributed by atoms with Gasteiger partial charge in [0.05, 0.1) is 12.1 Å². The van der Waals surface area contributed by atoms with E-state index in [1.54, 1.807) is 0 Å². The van der Waals surface area contributed by atoms with Gasteiger partial charge in [-0.25, -0.2) is 4.99 Å². The summed E-state index contributed by atoms with van der Waals surface area (Å²) < 4.78 is 5.76. The first-order valence-electron chi connectivity index (χ1n) is 6.99. The third kappa shape index (κ3) is 3.28. The Morgan fingerprint density at radius 1 is 1.26 bits per heavy atom. The van der Waals surface area contributed by atoms with Gasteiger partial charge in [0, 0.05) is 5.02 Å². The van der Waals surface area contributed by atoms with E-state index in [-0.39, 0.29) is 6.04 Å². The molecule has 3 nitrogen and oxygen atoms in total. The summed E-state index contributed by atoms with van der Waals surface area (Å²) in [6.07, 6.45) is 4.60. The van der Waals surface area contributed by atoms with Gasteiger partial charge in [-0.05, 0) is 43.5 Å². The lowest BCUT2D eigenvalue weighted by Crippen LogP contribution is -2.40. The van der Waals surface area contributed by atoms with E-state index >= 15 is 0 Å². The Kier molecular flexibility index (Phi) is 4.04. The van der Waals surface area contributed by atoms with Crippen molar-refractivity contribution in [3.8, 4) is 0 Å². The van der Waals surface area contributed by atoms with Gasteiger partial charge in [0.1, 0.15) is 6.61 Å². The largest absolute Gasteiger partial charge is 0.478 e. The highest BCUT2D eigenvalue weighted by molar-refractivity contribution is 6.30. The van der Waals surface area contributed by atoms with E-state index in [9.17, 15) is 0 Å². The van der Waals surface area contributed by atoms with Gasteiger partial charge in [-0.3, -0.25) is 0 Å². The molecule has 0 bridgehead atoms. The lowest BCUT2D eigenvalue weighted by atomic mass is 10.0. The highest BCUT2D eigenvalue weighted by Crippen LogP contribution is 2.18. The van der Waals surface area contributed by atoms with Crippen LogP contribution in [0.15, 0.2) is 29.3 Å². The lowest BCUT2D eigenvalue weighted by molar-refractivity contribution is 0.291. The maximum absolute atomic E-state index is 5.89. The fourth-order valence-corrected chi connectivity index (χ4v) is 2.81. The fraction of sp³-hybridized carbons (Fsp3) is 0.533. The van der Waals surface area contributed by atoms with Crippen LogP contribution in [0.25, 0.3) is 0 Å². The molecule has 2 heterocycles. The first kappa shape index (κ1) is 12.9. The number of benzene rings is 1. The lowest BCUT2D eigenvalue weighted by Gasteiger charge is -2.22. The molecule has 3 rings (SSSR count). The van der Waals surface area contributed by atoms with Gasteiger partial charge in [0.15, 0.2) is 0 Å². The van der Waals surface area contributed by atoms with Crippen LogP contribution in [-0.4, -0.2) is 31.1 Å². The van der Waals surface area contributed by atoms with Crippen molar-refractivity contribution in [1.29, 1.82) is 0 Å². The number of piperidine rings is 1. The van der Waals surface area contributed by atoms with Crippen molar-refractivity contribution in [2.45, 2.75) is 37.8 Å². The summed E-state index contributed by atoms with van der Waals surface area (Å²) in [5.74, 6) is 0.915. The second-order valence-corrected chi connectivity index (χ2v) is 5.70. The van der Waals surface area contributed by atoms with Crippen LogP contribution < -0.4 is 5.32 Å². The van der Waals surface area contributed by atoms with Crippen molar-refractivity contribution >= 4 is 17.5 Å². The molecule has 2 aliphatic rings. The SMILES string of the molecule is Clc1ccc(CC2COC(C3CCCCN3)=N2)cc1. The Morgan fingerprint density at radius 3 is 2.84 bits per heavy atom. The molecule has 0 aliphatic carbocycles. The topological polar surface area (TPSA) is 33.6 Å². The third-order valence-electron chi connectivity index (χ3n) is 3.73. The molecule has 2 unspecified atom stereocenters. The number of rotatable bonds is 3. The molecule has 0 radical (unpaired) electrons. The van der Waals surface area contributed by atoms with Crippen molar-refractivity contribution in [1.82, 2.24) is 5.32 Å². The summed E-state index contributed by atoms with van der Waals surface area (Å²) in [7, 11) is 0. The van der Waals surface area contributed by atoms with Crippen LogP contribution in [0.4, 0.5) is 0 Å². The molecule has 2 atom stereocenters. The van der Waals surface area contributed by atoms with E-state index in [4.69, 9.17) is 21.3 Å². The number of nitrogens with zero attached hydrogens (tertiary/aromatic N) is 1. The summed E-state index contributed by atoms with van der Waals surface area (Å²) in [5.41, 5.74) is 1.26. The average molecular weight is 279 g/mol. The molecular formula is C15H19ClN2O. The first-order chi connectivity index (χ1) is 9.31. The Labute approximate surface area is 119 Å². The maximum atomic E-state index is 5.89. The van der Waals surface area contributed by atoms with Crippen molar-refractivity contribution in [3.05, 3.63) is 34.9 Å². The zero-order chi connectivity index (χ0) is 13.1.